The molecule has 31 heavy (non-hydrogen) atoms. The van der Waals surface area contributed by atoms with Crippen LogP contribution in [0.3, 0.4) is 0 Å². The van der Waals surface area contributed by atoms with Crippen LogP contribution in [0.4, 0.5) is 0 Å². The predicted molar refractivity (Wildman–Crippen MR) is 124 cm³/mol. The van der Waals surface area contributed by atoms with Crippen LogP contribution in [0.1, 0.15) is 22.7 Å². The van der Waals surface area contributed by atoms with Crippen molar-refractivity contribution in [3.8, 4) is 0 Å². The van der Waals surface area contributed by atoms with Crippen LogP contribution in [0.15, 0.2) is 43.0 Å². The standard InChI is InChI=1S/C21H22ClN3O4S2/c1-12(17-8-14-9-19(22)30-21(14)25-17)24-18-7-13-5-3-4-6-15(13)16(18)11-31(27,28)23-10-20(26)29-2/h3-6,8-9,16,18,23-25H,1,7,10-11H2,2H3/t16-,18-/m1/s1. The topological polar surface area (TPSA) is 100 Å². The molecule has 0 fully saturated rings. The summed E-state index contributed by atoms with van der Waals surface area (Å²) < 4.78 is 32.8. The Morgan fingerprint density at radius 3 is 2.87 bits per heavy atom. The number of esters is 1. The fourth-order valence-corrected chi connectivity index (χ4v) is 6.40. The van der Waals surface area contributed by atoms with E-state index in [1.807, 2.05) is 36.4 Å². The summed E-state index contributed by atoms with van der Waals surface area (Å²) >= 11 is 7.51. The first-order valence-electron chi connectivity index (χ1n) is 9.61. The minimum absolute atomic E-state index is 0.151. The van der Waals surface area contributed by atoms with Gasteiger partial charge < -0.3 is 15.0 Å². The second kappa shape index (κ2) is 8.66. The smallest absolute Gasteiger partial charge is 0.320 e. The number of methoxy groups -OCH3 is 1. The van der Waals surface area contributed by atoms with Gasteiger partial charge in [-0.1, -0.05) is 42.4 Å². The van der Waals surface area contributed by atoms with Gasteiger partial charge in [-0.05, 0) is 29.7 Å². The summed E-state index contributed by atoms with van der Waals surface area (Å²) in [5.74, 6) is -1.08. The van der Waals surface area contributed by atoms with Gasteiger partial charge in [0.15, 0.2) is 0 Å². The van der Waals surface area contributed by atoms with Gasteiger partial charge in [0.1, 0.15) is 11.4 Å². The molecule has 2 atom stereocenters. The first kappa shape index (κ1) is 21.9. The van der Waals surface area contributed by atoms with E-state index in [1.54, 1.807) is 0 Å². The van der Waals surface area contributed by atoms with Crippen molar-refractivity contribution < 1.29 is 17.9 Å². The van der Waals surface area contributed by atoms with Gasteiger partial charge in [-0.2, -0.15) is 0 Å². The highest BCUT2D eigenvalue weighted by Gasteiger charge is 2.36. The molecule has 0 radical (unpaired) electrons. The molecule has 0 saturated carbocycles. The van der Waals surface area contributed by atoms with Gasteiger partial charge in [-0.3, -0.25) is 4.79 Å². The molecule has 0 aliphatic heterocycles. The van der Waals surface area contributed by atoms with E-state index in [9.17, 15) is 13.2 Å². The van der Waals surface area contributed by atoms with Gasteiger partial charge >= 0.3 is 5.97 Å². The van der Waals surface area contributed by atoms with E-state index in [2.05, 4.69) is 26.3 Å². The summed E-state index contributed by atoms with van der Waals surface area (Å²) in [6.45, 7) is 3.76. The summed E-state index contributed by atoms with van der Waals surface area (Å²) in [6, 6.07) is 11.5. The third-order valence-electron chi connectivity index (χ3n) is 5.41. The maximum atomic E-state index is 12.6. The Bertz CT molecular complexity index is 1220. The van der Waals surface area contributed by atoms with Crippen molar-refractivity contribution in [3.05, 3.63) is 64.1 Å². The Hall–Kier alpha value is -2.33. The monoisotopic (exact) mass is 479 g/mol. The minimum Gasteiger partial charge on any atom is -0.468 e. The average molecular weight is 480 g/mol. The molecule has 4 rings (SSSR count). The zero-order valence-electron chi connectivity index (χ0n) is 16.8. The highest BCUT2D eigenvalue weighted by Crippen LogP contribution is 2.36. The number of rotatable bonds is 8. The van der Waals surface area contributed by atoms with Crippen LogP contribution in [-0.4, -0.2) is 44.8 Å². The lowest BCUT2D eigenvalue weighted by Gasteiger charge is -2.23. The van der Waals surface area contributed by atoms with E-state index in [4.69, 9.17) is 11.6 Å². The average Bonchev–Trinajstić information content (AvgIpc) is 3.37. The van der Waals surface area contributed by atoms with Crippen LogP contribution in [0.2, 0.25) is 4.34 Å². The summed E-state index contributed by atoms with van der Waals surface area (Å²) in [5.41, 5.74) is 3.59. The molecule has 3 N–H and O–H groups in total. The third kappa shape index (κ3) is 4.79. The van der Waals surface area contributed by atoms with Crippen LogP contribution >= 0.6 is 22.9 Å². The van der Waals surface area contributed by atoms with Crippen molar-refractivity contribution in [2.24, 2.45) is 0 Å². The molecule has 0 spiro atoms. The number of carbonyl (C=O) groups excluding carboxylic acids is 1. The van der Waals surface area contributed by atoms with Gasteiger partial charge in [0, 0.05) is 17.3 Å². The SMILES string of the molecule is C=C(N[C@@H]1Cc2ccccc2[C@H]1CS(=O)(=O)NCC(=O)OC)c1cc2cc(Cl)sc2[nH]1. The zero-order chi connectivity index (χ0) is 22.2. The van der Waals surface area contributed by atoms with Gasteiger partial charge in [0.05, 0.1) is 28.6 Å². The van der Waals surface area contributed by atoms with Crippen molar-refractivity contribution in [1.29, 1.82) is 0 Å². The Balaban J connectivity index is 1.53. The van der Waals surface area contributed by atoms with Gasteiger partial charge in [-0.25, -0.2) is 13.1 Å². The highest BCUT2D eigenvalue weighted by molar-refractivity contribution is 7.89. The first-order chi connectivity index (χ1) is 14.8. The van der Waals surface area contributed by atoms with Crippen molar-refractivity contribution in [2.75, 3.05) is 19.4 Å². The Morgan fingerprint density at radius 1 is 1.35 bits per heavy atom. The fourth-order valence-electron chi connectivity index (χ4n) is 3.93. The van der Waals surface area contributed by atoms with Gasteiger partial charge in [-0.15, -0.1) is 11.3 Å². The Morgan fingerprint density at radius 2 is 2.13 bits per heavy atom. The number of H-pyrrole nitrogens is 1. The number of nitrogens with one attached hydrogen (secondary N) is 3. The van der Waals surface area contributed by atoms with E-state index in [-0.39, 0.29) is 24.3 Å². The number of carbonyl (C=O) groups is 1. The summed E-state index contributed by atoms with van der Waals surface area (Å²) in [5, 5.41) is 4.43. The lowest BCUT2D eigenvalue weighted by atomic mass is 10.0. The second-order valence-corrected chi connectivity index (χ2v) is 11.0. The molecule has 0 amide bonds. The Kier molecular flexibility index (Phi) is 6.11. The van der Waals surface area contributed by atoms with E-state index >= 15 is 0 Å². The number of benzene rings is 1. The van der Waals surface area contributed by atoms with Crippen molar-refractivity contribution >= 4 is 54.8 Å². The number of hydrogen-bond acceptors (Lipinski definition) is 6. The van der Waals surface area contributed by atoms with Crippen molar-refractivity contribution in [2.45, 2.75) is 18.4 Å². The summed E-state index contributed by atoms with van der Waals surface area (Å²) in [4.78, 5) is 15.6. The van der Waals surface area contributed by atoms with Crippen LogP contribution in [0.5, 0.6) is 0 Å². The number of hydrogen-bond donors (Lipinski definition) is 3. The molecule has 0 unspecified atom stereocenters. The molecule has 0 saturated heterocycles. The molecule has 164 valence electrons. The number of ether oxygens (including phenoxy) is 1. The van der Waals surface area contributed by atoms with E-state index in [0.717, 1.165) is 27.0 Å². The van der Waals surface area contributed by atoms with E-state index in [1.165, 1.54) is 18.4 Å². The summed E-state index contributed by atoms with van der Waals surface area (Å²) in [6.07, 6.45) is 0.674. The lowest BCUT2D eigenvalue weighted by molar-refractivity contribution is -0.139. The van der Waals surface area contributed by atoms with Gasteiger partial charge in [0.25, 0.3) is 0 Å². The molecule has 1 aliphatic carbocycles. The van der Waals surface area contributed by atoms with Crippen LogP contribution in [-0.2, 0) is 26.0 Å². The second-order valence-electron chi connectivity index (χ2n) is 7.44. The predicted octanol–water partition coefficient (Wildman–Crippen LogP) is 3.24. The van der Waals surface area contributed by atoms with Gasteiger partial charge in [0.2, 0.25) is 10.0 Å². The largest absolute Gasteiger partial charge is 0.468 e. The number of aromatic nitrogens is 1. The number of fused-ring (bicyclic) bond motifs is 2. The zero-order valence-corrected chi connectivity index (χ0v) is 19.2. The quantitative estimate of drug-likeness (QED) is 0.431. The third-order valence-corrected chi connectivity index (χ3v) is 7.98. The number of halogens is 1. The van der Waals surface area contributed by atoms with E-state index < -0.39 is 16.0 Å². The number of aromatic amines is 1. The normalized spacial score (nSPS) is 18.1. The maximum absolute atomic E-state index is 12.6. The van der Waals surface area contributed by atoms with Crippen molar-refractivity contribution in [3.63, 3.8) is 0 Å². The molecule has 1 aromatic carbocycles. The summed E-state index contributed by atoms with van der Waals surface area (Å²) in [7, 11) is -2.49. The van der Waals surface area contributed by atoms with Crippen LogP contribution in [0, 0.1) is 0 Å². The first-order valence-corrected chi connectivity index (χ1v) is 12.5. The Labute approximate surface area is 189 Å². The van der Waals surface area contributed by atoms with Crippen molar-refractivity contribution in [1.82, 2.24) is 15.0 Å². The molecule has 2 heterocycles. The molecule has 1 aliphatic rings. The molecular weight excluding hydrogens is 458 g/mol. The highest BCUT2D eigenvalue weighted by atomic mass is 35.5. The minimum atomic E-state index is -3.70. The molecule has 3 aromatic rings. The van der Waals surface area contributed by atoms with E-state index in [0.29, 0.717) is 16.5 Å². The molecule has 2 aromatic heterocycles. The number of thiophene rings is 1. The lowest BCUT2D eigenvalue weighted by Crippen LogP contribution is -2.39. The molecule has 0 bridgehead atoms. The van der Waals surface area contributed by atoms with Crippen LogP contribution in [0.25, 0.3) is 15.9 Å². The van der Waals surface area contributed by atoms with Crippen LogP contribution < -0.4 is 10.0 Å². The fraction of sp³-hybridized carbons (Fsp3) is 0.286. The molecule has 7 nitrogen and oxygen atoms in total. The number of sulfonamides is 1. The molecular formula is C21H22ClN3O4S2. The molecule has 10 heteroatoms. The maximum Gasteiger partial charge on any atom is 0.320 e.